The van der Waals surface area contributed by atoms with E-state index < -0.39 is 226 Å². The first kappa shape index (κ1) is 97.1. The molecule has 0 aromatic carbocycles. The van der Waals surface area contributed by atoms with Crippen molar-refractivity contribution >= 4 is 249 Å². The molecule has 0 spiro atoms. The number of nitrogens with two attached hydrogens (primary N) is 6. The first-order valence-electron chi connectivity index (χ1n) is 39.0. The zero-order valence-electron chi connectivity index (χ0n) is 67.1. The molecule has 12 aromatic heterocycles. The Balaban J connectivity index is 0.000000130. The standard InChI is InChI=1S/C22H25FN8O8P2S3.C20H21F3N10O8P2S3.C20H22F2N10O8P2S3/c23-14-16-13(37-20(14)30-4-2-10-11(24)1-3-26-17(10)30)7-36-40(33,42)38-12-5-9(6-35-41(34,43)39-16)44-21(12)31-8-27-15-18(31)28-22(25)29-19(15)32;21-9-8-4-38-43(36,45)41-13-7(39-18(20(13,22)23)33-14-10(30-31-33)6(24)1-2-26-14)3-37-42(35,44)40-12(9)17(46-8)32-5-27-11-15(32)28-19(25)29-16(11)34;21-9-8-4-37-42(35,44)39-13-7(38-18(10(13)22)31-5-26-11-6(23)1-2-25-15(11)31)3-36-41(34,43)40-14(9)19(45-8)32-16-12(29-30-32)17(33)28-20(24)27-16/h1-4,8-9,12-14,16,20-21H,5-7H2,(H2,24,26)(H,33,42)(H,34,43)(H3,25,28,29,32);1-2,5,7-9,12-13,17-18H,3-4H2,(H2,24,26)(H,35,44)(H,36,45)(H3,25,28,29,34);1-2,5,7-10,13-14,18-19H,3-4H2,(H2,23,25)(H,34,43)(H,35,44)(H3,24,27,28,33)/t9-,12+,13+,14-,16+,20+,21+,40?,41?;7-,8-,9+,12-,13-,17-,18-,42?,43?;7-,8-,9-,10+,13-,14-,18-,19-,41?,42?/m011/s1. The number of imidazole rings is 3. The van der Waals surface area contributed by atoms with Crippen molar-refractivity contribution in [3.8, 4) is 0 Å². The Kier molecular flexibility index (Phi) is 26.6. The number of hydrogen-bond donors (Lipinski definition) is 15. The van der Waals surface area contributed by atoms with Gasteiger partial charge in [-0.05, 0) is 89.7 Å². The molecule has 6 bridgehead atoms. The second-order valence-corrected chi connectivity index (χ2v) is 51.5. The number of aromatic nitrogens is 22. The highest BCUT2D eigenvalue weighted by molar-refractivity contribution is 8.44. The molecule has 0 saturated carbocycles. The third-order valence-electron chi connectivity index (χ3n) is 21.9. The van der Waals surface area contributed by atoms with E-state index in [1.807, 2.05) is 0 Å². The molecule has 52 nitrogen and oxygen atoms in total. The van der Waals surface area contributed by atoms with Gasteiger partial charge < -0.3 is 105 Å². The van der Waals surface area contributed by atoms with Gasteiger partial charge in [0, 0.05) is 41.1 Å². The minimum absolute atomic E-state index is 0.0209. The van der Waals surface area contributed by atoms with E-state index in [2.05, 4.69) is 92.7 Å². The van der Waals surface area contributed by atoms with Gasteiger partial charge in [-0.3, -0.25) is 70.2 Å². The summed E-state index contributed by atoms with van der Waals surface area (Å²) in [5, 5.41) is 10.3. The lowest BCUT2D eigenvalue weighted by Gasteiger charge is -2.28. The van der Waals surface area contributed by atoms with Crippen LogP contribution >= 0.6 is 87.9 Å². The molecule has 0 amide bonds. The molecular formula is C62H68F6N28O24P6S9. The number of H-pyrrole nitrogens is 3. The lowest BCUT2D eigenvalue weighted by atomic mass is 10.1. The summed E-state index contributed by atoms with van der Waals surface area (Å²) in [5.41, 5.74) is 34.5. The molecule has 73 heteroatoms. The van der Waals surface area contributed by atoms with Gasteiger partial charge >= 0.3 is 46.3 Å². The van der Waals surface area contributed by atoms with Gasteiger partial charge in [0.25, 0.3) is 16.7 Å². The first-order chi connectivity index (χ1) is 63.9. The highest BCUT2D eigenvalue weighted by Gasteiger charge is 2.65. The molecule has 9 saturated heterocycles. The molecule has 28 atom stereocenters. The first-order valence-corrected chi connectivity index (χ1v) is 57.4. The fourth-order valence-electron chi connectivity index (χ4n) is 15.9. The van der Waals surface area contributed by atoms with Crippen molar-refractivity contribution in [1.29, 1.82) is 0 Å². The number of fused-ring (bicyclic) bond motifs is 15. The van der Waals surface area contributed by atoms with Crippen molar-refractivity contribution in [2.24, 2.45) is 0 Å². The van der Waals surface area contributed by atoms with E-state index in [-0.39, 0.29) is 86.9 Å². The van der Waals surface area contributed by atoms with Gasteiger partial charge in [0.1, 0.15) is 82.4 Å². The average Bonchev–Trinajstić information content (AvgIpc) is 1.58. The van der Waals surface area contributed by atoms with Crippen molar-refractivity contribution in [1.82, 2.24) is 108 Å². The quantitative estimate of drug-likeness (QED) is 0.0634. The predicted molar refractivity (Wildman–Crippen MR) is 487 cm³/mol. The molecule has 20 N–H and O–H groups in total. The third-order valence-corrected chi connectivity index (χ3v) is 35.8. The van der Waals surface area contributed by atoms with Crippen LogP contribution in [0.5, 0.6) is 0 Å². The molecule has 6 unspecified atom stereocenters. The highest BCUT2D eigenvalue weighted by Crippen LogP contribution is 2.64. The predicted octanol–water partition coefficient (Wildman–Crippen LogP) is 4.07. The molecule has 9 aliphatic rings. The van der Waals surface area contributed by atoms with Crippen molar-refractivity contribution in [3.63, 3.8) is 0 Å². The topological polar surface area (TPSA) is 709 Å². The Morgan fingerprint density at radius 2 is 0.904 bits per heavy atom. The lowest BCUT2D eigenvalue weighted by molar-refractivity contribution is -0.140. The number of alkyl halides is 6. The number of aromatic amines is 3. The van der Waals surface area contributed by atoms with E-state index in [4.69, 9.17) is 162 Å². The summed E-state index contributed by atoms with van der Waals surface area (Å²) in [6.45, 7) is -29.0. The van der Waals surface area contributed by atoms with Crippen molar-refractivity contribution in [2.45, 2.75) is 143 Å². The second-order valence-electron chi connectivity index (χ2n) is 30.6. The number of nitrogens with zero attached hydrogens (tertiary/aromatic N) is 19. The van der Waals surface area contributed by atoms with Crippen molar-refractivity contribution < 1.29 is 124 Å². The number of thiol groups is 1. The molecule has 21 rings (SSSR count). The summed E-state index contributed by atoms with van der Waals surface area (Å²) < 4.78 is 201. The number of thioether (sulfide) groups is 3. The van der Waals surface area contributed by atoms with Gasteiger partial charge in [-0.2, -0.15) is 28.4 Å². The summed E-state index contributed by atoms with van der Waals surface area (Å²) in [6.07, 6.45) is -16.5. The zero-order chi connectivity index (χ0) is 95.6. The van der Waals surface area contributed by atoms with Crippen LogP contribution < -0.4 is 51.1 Å². The van der Waals surface area contributed by atoms with Gasteiger partial charge in [0.2, 0.25) is 24.1 Å². The summed E-state index contributed by atoms with van der Waals surface area (Å²) in [5.74, 6) is -4.60. The van der Waals surface area contributed by atoms with Gasteiger partial charge in [0.15, 0.2) is 81.2 Å². The van der Waals surface area contributed by atoms with Crippen LogP contribution in [0, 0.1) is 0 Å². The monoisotopic (exact) mass is 2180 g/mol. The third kappa shape index (κ3) is 19.1. The molecule has 21 heterocycles. The van der Waals surface area contributed by atoms with E-state index >= 15 is 26.3 Å². The average molecular weight is 2180 g/mol. The Hall–Kier alpha value is -6.70. The minimum Gasteiger partial charge on any atom is -0.398 e. The summed E-state index contributed by atoms with van der Waals surface area (Å²) in [7, 11) is 0. The maximum Gasteiger partial charge on any atom is 0.386 e. The van der Waals surface area contributed by atoms with Crippen LogP contribution in [0.25, 0.3) is 66.9 Å². The fraction of sp³-hybridized carbons (Fsp3) is 0.484. The van der Waals surface area contributed by atoms with Crippen LogP contribution in [0.4, 0.5) is 61.2 Å². The lowest BCUT2D eigenvalue weighted by Crippen LogP contribution is -2.41. The number of halogens is 6. The summed E-state index contributed by atoms with van der Waals surface area (Å²) >= 11 is 33.1. The van der Waals surface area contributed by atoms with E-state index in [9.17, 15) is 43.4 Å². The maximum atomic E-state index is 16.0. The van der Waals surface area contributed by atoms with Crippen molar-refractivity contribution in [2.75, 3.05) is 74.0 Å². The largest absolute Gasteiger partial charge is 0.398 e. The minimum atomic E-state index is -4.54. The number of hydrogen-bond acceptors (Lipinski definition) is 46. The number of ether oxygens (including phenoxy) is 3. The number of nitrogen functional groups attached to an aromatic ring is 6. The molecule has 9 aliphatic heterocycles. The Bertz CT molecular complexity index is 7180. The second kappa shape index (κ2) is 37.0. The normalized spacial score (nSPS) is 37.0. The van der Waals surface area contributed by atoms with Crippen LogP contribution in [-0.4, -0.2) is 273 Å². The van der Waals surface area contributed by atoms with E-state index in [1.165, 1.54) is 75.2 Å². The summed E-state index contributed by atoms with van der Waals surface area (Å²) in [4.78, 5) is 136. The highest BCUT2D eigenvalue weighted by atomic mass is 32.7. The SMILES string of the molecule is Nc1nc2c(ncn2[C@@H]2S[C@@H]3COP(=O)(S)O[C@H]4[C@H](F)[C@H](n5ccc6c(N)ccnc65)O[C@@H]4COP(O)(=S)O[C@@H]2C3)c(=O)[nH]1.Nc1nc2c(ncn2[C@@H]2S[C@@H]3COP(O)(=S)O[C@@H]4[C@@H](COP(O)(=S)O[C@@H]2[C@H]3F)O[C@@H](n2nnc3c(N)ccnc32)C4(F)F)c(=O)[nH]1.Nc1nc2c(nnn2[C@@H]2S[C@@H]3COP(O)(=S)O[C@H]4[C@H](F)[C@H](n5cnc6c(N)ccnc65)O[C@@H]4COP(O)(=S)O[C@@H]2[C@@H]3F)c(=O)[nH]1. The molecule has 0 radical (unpaired) electrons. The molecule has 0 aliphatic carbocycles. The zero-order valence-corrected chi connectivity index (χ0v) is 79.9. The van der Waals surface area contributed by atoms with Gasteiger partial charge in [-0.25, -0.2) is 56.7 Å². The van der Waals surface area contributed by atoms with Crippen LogP contribution in [0.2, 0.25) is 0 Å². The Morgan fingerprint density at radius 3 is 1.51 bits per heavy atom. The number of pyridine rings is 3. The van der Waals surface area contributed by atoms with Gasteiger partial charge in [0.05, 0.1) is 86.6 Å². The Morgan fingerprint density at radius 1 is 0.444 bits per heavy atom. The van der Waals surface area contributed by atoms with E-state index in [0.29, 0.717) is 32.6 Å². The number of rotatable bonds is 6. The van der Waals surface area contributed by atoms with Crippen LogP contribution in [0.1, 0.15) is 41.2 Å². The number of anilines is 6. The Labute approximate surface area is 790 Å². The van der Waals surface area contributed by atoms with Gasteiger partial charge in [-0.1, -0.05) is 22.7 Å². The molecule has 135 heavy (non-hydrogen) atoms. The molecule has 726 valence electrons. The van der Waals surface area contributed by atoms with E-state index in [0.717, 1.165) is 28.2 Å². The van der Waals surface area contributed by atoms with Crippen molar-refractivity contribution in [3.05, 3.63) is 99.1 Å². The maximum absolute atomic E-state index is 16.0. The summed E-state index contributed by atoms with van der Waals surface area (Å²) in [6, 6.07) is 6.20. The van der Waals surface area contributed by atoms with E-state index in [1.54, 1.807) is 22.9 Å². The van der Waals surface area contributed by atoms with Gasteiger partial charge in [-0.15, -0.1) is 45.5 Å². The van der Waals surface area contributed by atoms with Crippen LogP contribution in [0.15, 0.2) is 82.4 Å². The molecule has 9 fully saturated rings. The fourth-order valence-corrected chi connectivity index (χ4v) is 29.5. The number of nitrogens with one attached hydrogen (secondary N) is 3. The smallest absolute Gasteiger partial charge is 0.386 e. The van der Waals surface area contributed by atoms with Crippen LogP contribution in [0.3, 0.4) is 0 Å². The molecular weight excluding hydrogens is 2110 g/mol. The van der Waals surface area contributed by atoms with Crippen LogP contribution in [-0.2, 0) is 132 Å². The molecule has 12 aromatic rings.